The van der Waals surface area contributed by atoms with Crippen molar-refractivity contribution in [2.45, 2.75) is 32.3 Å². The molecule has 10 nitrogen and oxygen atoms in total. The second-order valence-electron chi connectivity index (χ2n) is 9.16. The number of aliphatic carboxylic acids is 1. The normalized spacial score (nSPS) is 17.2. The lowest BCUT2D eigenvalue weighted by atomic mass is 9.94. The highest BCUT2D eigenvalue weighted by Gasteiger charge is 2.24. The molecule has 2 N–H and O–H groups in total. The average Bonchev–Trinajstić information content (AvgIpc) is 3.51. The number of likely N-dealkylation sites (tertiary alicyclic amines) is 1. The van der Waals surface area contributed by atoms with Crippen LogP contribution in [0.2, 0.25) is 0 Å². The molecule has 36 heavy (non-hydrogen) atoms. The average molecular weight is 489 g/mol. The Bertz CT molecular complexity index is 1320. The minimum atomic E-state index is -0.765. The van der Waals surface area contributed by atoms with Crippen LogP contribution in [0.1, 0.15) is 36.6 Å². The molecule has 0 spiro atoms. The van der Waals surface area contributed by atoms with Gasteiger partial charge < -0.3 is 19.6 Å². The maximum absolute atomic E-state index is 11.0. The molecule has 10 heteroatoms. The first kappa shape index (κ1) is 23.8. The SMILES string of the molecule is Cc1c(-c2nc(-c3ccc([C@H](O)CN4CCC[C@H](CC(=O)O)C4)cc3)no2)ncn1-c1ccccn1. The van der Waals surface area contributed by atoms with Gasteiger partial charge in [-0.1, -0.05) is 35.5 Å². The number of carboxylic acids is 1. The third-order valence-corrected chi connectivity index (χ3v) is 6.58. The fraction of sp³-hybridized carbons (Fsp3) is 0.346. The van der Waals surface area contributed by atoms with Crippen LogP contribution < -0.4 is 0 Å². The van der Waals surface area contributed by atoms with E-state index in [0.717, 1.165) is 42.0 Å². The Morgan fingerprint density at radius 2 is 2.03 bits per heavy atom. The molecule has 0 unspecified atom stereocenters. The minimum Gasteiger partial charge on any atom is -0.481 e. The molecule has 5 rings (SSSR count). The van der Waals surface area contributed by atoms with Crippen LogP contribution in [0.25, 0.3) is 28.8 Å². The van der Waals surface area contributed by atoms with Gasteiger partial charge in [-0.2, -0.15) is 4.98 Å². The summed E-state index contributed by atoms with van der Waals surface area (Å²) in [7, 11) is 0. The van der Waals surface area contributed by atoms with E-state index in [1.54, 1.807) is 12.5 Å². The van der Waals surface area contributed by atoms with Crippen molar-refractivity contribution in [1.82, 2.24) is 29.6 Å². The maximum atomic E-state index is 11.0. The smallest absolute Gasteiger partial charge is 0.303 e. The Hall–Kier alpha value is -3.89. The summed E-state index contributed by atoms with van der Waals surface area (Å²) in [6.07, 6.45) is 4.78. The molecule has 1 saturated heterocycles. The highest BCUT2D eigenvalue weighted by atomic mass is 16.5. The molecule has 0 aliphatic carbocycles. The molecule has 2 atom stereocenters. The topological polar surface area (TPSA) is 130 Å². The van der Waals surface area contributed by atoms with Crippen molar-refractivity contribution in [1.29, 1.82) is 0 Å². The van der Waals surface area contributed by atoms with E-state index >= 15 is 0 Å². The molecule has 4 aromatic rings. The largest absolute Gasteiger partial charge is 0.481 e. The van der Waals surface area contributed by atoms with Crippen LogP contribution in [0.15, 0.2) is 59.5 Å². The zero-order valence-corrected chi connectivity index (χ0v) is 20.0. The van der Waals surface area contributed by atoms with Crippen molar-refractivity contribution in [3.8, 4) is 28.8 Å². The molecule has 1 aliphatic rings. The van der Waals surface area contributed by atoms with Crippen LogP contribution in [0.3, 0.4) is 0 Å². The summed E-state index contributed by atoms with van der Waals surface area (Å²) >= 11 is 0. The lowest BCUT2D eigenvalue weighted by Gasteiger charge is -2.33. The zero-order valence-electron chi connectivity index (χ0n) is 20.0. The second kappa shape index (κ2) is 10.4. The van der Waals surface area contributed by atoms with Gasteiger partial charge in [0, 0.05) is 31.3 Å². The van der Waals surface area contributed by atoms with Crippen LogP contribution in [-0.4, -0.2) is 65.4 Å². The molecular formula is C26H28N6O4. The molecule has 3 aromatic heterocycles. The maximum Gasteiger partial charge on any atom is 0.303 e. The fourth-order valence-corrected chi connectivity index (χ4v) is 4.72. The number of pyridine rings is 1. The molecule has 186 valence electrons. The summed E-state index contributed by atoms with van der Waals surface area (Å²) in [6, 6.07) is 13.1. The van der Waals surface area contributed by atoms with E-state index in [2.05, 4.69) is 25.0 Å². The third kappa shape index (κ3) is 5.19. The summed E-state index contributed by atoms with van der Waals surface area (Å²) in [6.45, 7) is 3.96. The number of carboxylic acid groups (broad SMARTS) is 1. The summed E-state index contributed by atoms with van der Waals surface area (Å²) in [4.78, 5) is 26.5. The Morgan fingerprint density at radius 3 is 2.78 bits per heavy atom. The van der Waals surface area contributed by atoms with Gasteiger partial charge >= 0.3 is 5.97 Å². The zero-order chi connectivity index (χ0) is 25.1. The fourth-order valence-electron chi connectivity index (χ4n) is 4.72. The molecule has 0 bridgehead atoms. The number of aromatic nitrogens is 5. The predicted octanol–water partition coefficient (Wildman–Crippen LogP) is 3.51. The first-order chi connectivity index (χ1) is 17.5. The molecule has 1 aromatic carbocycles. The number of aliphatic hydroxyl groups excluding tert-OH is 1. The molecule has 1 aliphatic heterocycles. The quantitative estimate of drug-likeness (QED) is 0.382. The Morgan fingerprint density at radius 1 is 1.19 bits per heavy atom. The third-order valence-electron chi connectivity index (χ3n) is 6.58. The van der Waals surface area contributed by atoms with E-state index in [9.17, 15) is 9.90 Å². The van der Waals surface area contributed by atoms with Gasteiger partial charge in [0.05, 0.1) is 11.8 Å². The Kier molecular flexibility index (Phi) is 6.88. The van der Waals surface area contributed by atoms with E-state index in [1.807, 2.05) is 54.0 Å². The van der Waals surface area contributed by atoms with Crippen molar-refractivity contribution in [2.24, 2.45) is 5.92 Å². The second-order valence-corrected chi connectivity index (χ2v) is 9.16. The summed E-state index contributed by atoms with van der Waals surface area (Å²) in [5.41, 5.74) is 2.98. The first-order valence-electron chi connectivity index (χ1n) is 12.0. The molecule has 0 amide bonds. The van der Waals surface area contributed by atoms with E-state index in [4.69, 9.17) is 9.63 Å². The number of hydrogen-bond donors (Lipinski definition) is 2. The first-order valence-corrected chi connectivity index (χ1v) is 12.0. The lowest BCUT2D eigenvalue weighted by Crippen LogP contribution is -2.38. The van der Waals surface area contributed by atoms with Crippen LogP contribution in [-0.2, 0) is 4.79 Å². The van der Waals surface area contributed by atoms with Crippen LogP contribution in [0, 0.1) is 12.8 Å². The van der Waals surface area contributed by atoms with Gasteiger partial charge in [-0.15, -0.1) is 0 Å². The number of rotatable bonds is 8. The summed E-state index contributed by atoms with van der Waals surface area (Å²) < 4.78 is 7.36. The number of hydrogen-bond acceptors (Lipinski definition) is 8. The number of nitrogens with zero attached hydrogens (tertiary/aromatic N) is 6. The Balaban J connectivity index is 1.25. The number of piperidine rings is 1. The van der Waals surface area contributed by atoms with Gasteiger partial charge in [0.15, 0.2) is 0 Å². The highest BCUT2D eigenvalue weighted by molar-refractivity contribution is 5.67. The van der Waals surface area contributed by atoms with E-state index in [-0.39, 0.29) is 12.3 Å². The van der Waals surface area contributed by atoms with Gasteiger partial charge in [-0.3, -0.25) is 9.36 Å². The van der Waals surface area contributed by atoms with Crippen LogP contribution in [0.4, 0.5) is 0 Å². The summed E-state index contributed by atoms with van der Waals surface area (Å²) in [5, 5.41) is 23.9. The van der Waals surface area contributed by atoms with Crippen molar-refractivity contribution < 1.29 is 19.5 Å². The molecule has 4 heterocycles. The summed E-state index contributed by atoms with van der Waals surface area (Å²) in [5.74, 6) is 0.883. The van der Waals surface area contributed by atoms with Gasteiger partial charge in [0.2, 0.25) is 5.82 Å². The molecule has 0 radical (unpaired) electrons. The van der Waals surface area contributed by atoms with Gasteiger partial charge in [0.25, 0.3) is 5.89 Å². The van der Waals surface area contributed by atoms with Gasteiger partial charge in [-0.05, 0) is 49.9 Å². The van der Waals surface area contributed by atoms with Gasteiger partial charge in [0.1, 0.15) is 17.8 Å². The molecule has 1 fully saturated rings. The number of carbonyl (C=O) groups is 1. The number of imidazole rings is 1. The molecule has 0 saturated carbocycles. The monoisotopic (exact) mass is 488 g/mol. The number of benzene rings is 1. The van der Waals surface area contributed by atoms with E-state index in [1.165, 1.54) is 0 Å². The predicted molar refractivity (Wildman–Crippen MR) is 131 cm³/mol. The van der Waals surface area contributed by atoms with Crippen molar-refractivity contribution in [3.05, 3.63) is 66.2 Å². The van der Waals surface area contributed by atoms with E-state index in [0.29, 0.717) is 30.5 Å². The lowest BCUT2D eigenvalue weighted by molar-refractivity contribution is -0.138. The van der Waals surface area contributed by atoms with Gasteiger partial charge in [-0.25, -0.2) is 9.97 Å². The number of β-amino-alcohol motifs (C(OH)–C–C–N with tert-alkyl or cyclic N) is 1. The Labute approximate surface area is 208 Å². The van der Waals surface area contributed by atoms with Crippen molar-refractivity contribution in [2.75, 3.05) is 19.6 Å². The van der Waals surface area contributed by atoms with E-state index < -0.39 is 12.1 Å². The van der Waals surface area contributed by atoms with Crippen LogP contribution in [0.5, 0.6) is 0 Å². The standard InChI is InChI=1S/C26H28N6O4/c1-17-24(28-16-32(17)22-6-2-3-11-27-22)26-29-25(30-36-26)20-9-7-19(8-10-20)21(33)15-31-12-4-5-18(14-31)13-23(34)35/h2-3,6-11,16,18,21,33H,4-5,12-15H2,1H3,(H,34,35)/t18-,21-/m1/s1. The molecular weight excluding hydrogens is 460 g/mol. The van der Waals surface area contributed by atoms with Crippen molar-refractivity contribution >= 4 is 5.97 Å². The minimum absolute atomic E-state index is 0.136. The van der Waals surface area contributed by atoms with Crippen LogP contribution >= 0.6 is 0 Å². The van der Waals surface area contributed by atoms with Crippen molar-refractivity contribution in [3.63, 3.8) is 0 Å². The highest BCUT2D eigenvalue weighted by Crippen LogP contribution is 2.27. The number of aliphatic hydroxyl groups is 1.